The van der Waals surface area contributed by atoms with Crippen LogP contribution in [0.25, 0.3) is 0 Å². The van der Waals surface area contributed by atoms with E-state index in [2.05, 4.69) is 0 Å². The van der Waals surface area contributed by atoms with E-state index in [-0.39, 0.29) is 0 Å². The number of aryl methyl sites for hydroxylation is 1. The van der Waals surface area contributed by atoms with E-state index >= 15 is 0 Å². The van der Waals surface area contributed by atoms with Gasteiger partial charge in [0.05, 0.1) is 5.75 Å². The zero-order chi connectivity index (χ0) is 13.7. The van der Waals surface area contributed by atoms with Gasteiger partial charge in [-0.25, -0.2) is 0 Å². The van der Waals surface area contributed by atoms with Crippen LogP contribution in [0.5, 0.6) is 0 Å². The van der Waals surface area contributed by atoms with E-state index in [1.807, 2.05) is 30.3 Å². The van der Waals surface area contributed by atoms with E-state index < -0.39 is 10.8 Å². The van der Waals surface area contributed by atoms with Crippen LogP contribution in [0.1, 0.15) is 11.1 Å². The summed E-state index contributed by atoms with van der Waals surface area (Å²) in [4.78, 5) is 0. The molecule has 0 saturated heterocycles. The first-order valence-electron chi connectivity index (χ1n) is 5.98. The summed E-state index contributed by atoms with van der Waals surface area (Å²) in [6, 6.07) is 15.4. The number of hydrogen-bond acceptors (Lipinski definition) is 1. The van der Waals surface area contributed by atoms with E-state index in [4.69, 9.17) is 23.2 Å². The second kappa shape index (κ2) is 7.09. The van der Waals surface area contributed by atoms with Crippen molar-refractivity contribution in [1.82, 2.24) is 0 Å². The molecule has 0 aliphatic heterocycles. The Bertz CT molecular complexity index is 549. The molecule has 100 valence electrons. The molecule has 0 unspecified atom stereocenters. The average molecular weight is 313 g/mol. The van der Waals surface area contributed by atoms with E-state index in [0.717, 1.165) is 12.0 Å². The summed E-state index contributed by atoms with van der Waals surface area (Å²) in [5.74, 6) is 1.02. The molecule has 2 aromatic carbocycles. The minimum absolute atomic E-state index is 0.408. The zero-order valence-electron chi connectivity index (χ0n) is 10.3. The molecule has 0 heterocycles. The van der Waals surface area contributed by atoms with Gasteiger partial charge in [0, 0.05) is 32.2 Å². The Hall–Kier alpha value is -0.830. The summed E-state index contributed by atoms with van der Waals surface area (Å²) in [5.41, 5.74) is 1.97. The summed E-state index contributed by atoms with van der Waals surface area (Å²) < 4.78 is 12.1. The third-order valence-corrected chi connectivity index (χ3v) is 4.81. The Labute approximate surface area is 126 Å². The summed E-state index contributed by atoms with van der Waals surface area (Å²) in [7, 11) is -0.961. The molecule has 0 fully saturated rings. The van der Waals surface area contributed by atoms with Crippen molar-refractivity contribution < 1.29 is 4.21 Å². The van der Waals surface area contributed by atoms with Crippen molar-refractivity contribution in [2.75, 3.05) is 5.75 Å². The van der Waals surface area contributed by atoms with Crippen molar-refractivity contribution in [1.29, 1.82) is 0 Å². The Morgan fingerprint density at radius 1 is 0.895 bits per heavy atom. The molecule has 0 bridgehead atoms. The normalized spacial score (nSPS) is 12.3. The van der Waals surface area contributed by atoms with Gasteiger partial charge in [-0.2, -0.15) is 0 Å². The molecule has 0 aliphatic rings. The first-order valence-corrected chi connectivity index (χ1v) is 8.23. The second-order valence-electron chi connectivity index (χ2n) is 4.22. The molecule has 2 aromatic rings. The SMILES string of the molecule is O=[S@@](CCc1ccccc1)Cc1c(Cl)cccc1Cl. The van der Waals surface area contributed by atoms with Crippen LogP contribution in [-0.4, -0.2) is 9.96 Å². The molecule has 0 spiro atoms. The molecule has 2 rings (SSSR count). The van der Waals surface area contributed by atoms with Crippen LogP contribution in [0.2, 0.25) is 10.0 Å². The molecule has 1 nitrogen and oxygen atoms in total. The number of rotatable bonds is 5. The van der Waals surface area contributed by atoms with Gasteiger partial charge in [0.15, 0.2) is 0 Å². The van der Waals surface area contributed by atoms with E-state index in [0.29, 0.717) is 21.6 Å². The topological polar surface area (TPSA) is 17.1 Å². The molecule has 0 amide bonds. The fourth-order valence-electron chi connectivity index (χ4n) is 1.78. The minimum atomic E-state index is -0.961. The van der Waals surface area contributed by atoms with Crippen LogP contribution < -0.4 is 0 Å². The average Bonchev–Trinajstić information content (AvgIpc) is 2.42. The standard InChI is InChI=1S/C15H14Cl2OS/c16-14-7-4-8-15(17)13(14)11-19(18)10-9-12-5-2-1-3-6-12/h1-8H,9-11H2/t19-/m0/s1. The molecule has 0 aromatic heterocycles. The number of halogens is 2. The van der Waals surface area contributed by atoms with Gasteiger partial charge in [-0.05, 0) is 24.1 Å². The second-order valence-corrected chi connectivity index (χ2v) is 6.62. The predicted octanol–water partition coefficient (Wildman–Crippen LogP) is 4.48. The van der Waals surface area contributed by atoms with Crippen molar-refractivity contribution in [3.63, 3.8) is 0 Å². The highest BCUT2D eigenvalue weighted by atomic mass is 35.5. The van der Waals surface area contributed by atoms with Crippen LogP contribution >= 0.6 is 23.2 Å². The lowest BCUT2D eigenvalue weighted by Gasteiger charge is -2.07. The third kappa shape index (κ3) is 4.34. The fraction of sp³-hybridized carbons (Fsp3) is 0.200. The van der Waals surface area contributed by atoms with Crippen LogP contribution in [0.4, 0.5) is 0 Å². The predicted molar refractivity (Wildman–Crippen MR) is 83.3 cm³/mol. The van der Waals surface area contributed by atoms with Crippen LogP contribution in [-0.2, 0) is 23.0 Å². The molecule has 0 aliphatic carbocycles. The van der Waals surface area contributed by atoms with Gasteiger partial charge < -0.3 is 0 Å². The van der Waals surface area contributed by atoms with E-state index in [1.54, 1.807) is 18.2 Å². The lowest BCUT2D eigenvalue weighted by atomic mass is 10.2. The first-order chi connectivity index (χ1) is 9.16. The van der Waals surface area contributed by atoms with Crippen molar-refractivity contribution in [3.05, 3.63) is 69.7 Å². The molecule has 19 heavy (non-hydrogen) atoms. The highest BCUT2D eigenvalue weighted by Crippen LogP contribution is 2.25. The summed E-state index contributed by atoms with van der Waals surface area (Å²) in [6.45, 7) is 0. The highest BCUT2D eigenvalue weighted by molar-refractivity contribution is 7.84. The molecule has 0 N–H and O–H groups in total. The maximum absolute atomic E-state index is 12.1. The van der Waals surface area contributed by atoms with Crippen molar-refractivity contribution in [2.45, 2.75) is 12.2 Å². The quantitative estimate of drug-likeness (QED) is 0.795. The maximum Gasteiger partial charge on any atom is 0.0515 e. The molecular weight excluding hydrogens is 299 g/mol. The fourth-order valence-corrected chi connectivity index (χ4v) is 3.71. The van der Waals surface area contributed by atoms with Crippen LogP contribution in [0, 0.1) is 0 Å². The third-order valence-electron chi connectivity index (χ3n) is 2.83. The minimum Gasteiger partial charge on any atom is -0.259 e. The molecular formula is C15H14Cl2OS. The van der Waals surface area contributed by atoms with Gasteiger partial charge in [0.1, 0.15) is 0 Å². The Kier molecular flexibility index (Phi) is 5.44. The van der Waals surface area contributed by atoms with Crippen LogP contribution in [0.3, 0.4) is 0 Å². The smallest absolute Gasteiger partial charge is 0.0515 e. The van der Waals surface area contributed by atoms with Gasteiger partial charge in [-0.3, -0.25) is 4.21 Å². The molecule has 0 radical (unpaired) electrons. The van der Waals surface area contributed by atoms with Gasteiger partial charge >= 0.3 is 0 Å². The number of hydrogen-bond donors (Lipinski definition) is 0. The summed E-state index contributed by atoms with van der Waals surface area (Å²) in [6.07, 6.45) is 0.801. The molecule has 4 heteroatoms. The van der Waals surface area contributed by atoms with Gasteiger partial charge in [0.2, 0.25) is 0 Å². The van der Waals surface area contributed by atoms with Crippen molar-refractivity contribution >= 4 is 34.0 Å². The summed E-state index contributed by atoms with van der Waals surface area (Å²) in [5, 5.41) is 1.17. The Morgan fingerprint density at radius 3 is 2.16 bits per heavy atom. The van der Waals surface area contributed by atoms with Crippen molar-refractivity contribution in [3.8, 4) is 0 Å². The largest absolute Gasteiger partial charge is 0.259 e. The zero-order valence-corrected chi connectivity index (χ0v) is 12.6. The van der Waals surface area contributed by atoms with E-state index in [9.17, 15) is 4.21 Å². The lowest BCUT2D eigenvalue weighted by Crippen LogP contribution is -2.04. The Balaban J connectivity index is 1.95. The van der Waals surface area contributed by atoms with Crippen molar-refractivity contribution in [2.24, 2.45) is 0 Å². The number of benzene rings is 2. The van der Waals surface area contributed by atoms with Gasteiger partial charge in [-0.15, -0.1) is 0 Å². The van der Waals surface area contributed by atoms with E-state index in [1.165, 1.54) is 5.56 Å². The summed E-state index contributed by atoms with van der Waals surface area (Å²) >= 11 is 12.1. The van der Waals surface area contributed by atoms with Crippen LogP contribution in [0.15, 0.2) is 48.5 Å². The monoisotopic (exact) mass is 312 g/mol. The molecule has 0 saturated carbocycles. The Morgan fingerprint density at radius 2 is 1.53 bits per heavy atom. The van der Waals surface area contributed by atoms with Gasteiger partial charge in [0.25, 0.3) is 0 Å². The van der Waals surface area contributed by atoms with Gasteiger partial charge in [-0.1, -0.05) is 59.6 Å². The molecule has 1 atom stereocenters. The lowest BCUT2D eigenvalue weighted by molar-refractivity contribution is 0.682. The highest BCUT2D eigenvalue weighted by Gasteiger charge is 2.09. The maximum atomic E-state index is 12.1. The first kappa shape index (κ1) is 14.6.